The van der Waals surface area contributed by atoms with E-state index in [0.717, 1.165) is 0 Å². The Kier molecular flexibility index (Phi) is 4.94. The first-order valence-electron chi connectivity index (χ1n) is 7.20. The van der Waals surface area contributed by atoms with Gasteiger partial charge in [0.15, 0.2) is 0 Å². The SMILES string of the molecule is COC(=O)Cc1csc2cc(OC(=O)C(C)(C)C)cc(C(=O)O)c12. The molecule has 128 valence electrons. The number of rotatable bonds is 4. The maximum absolute atomic E-state index is 12.0. The molecule has 1 N–H and O–H groups in total. The molecule has 1 aromatic carbocycles. The van der Waals surface area contributed by atoms with Gasteiger partial charge in [-0.1, -0.05) is 0 Å². The Bertz CT molecular complexity index is 812. The highest BCUT2D eigenvalue weighted by molar-refractivity contribution is 7.17. The van der Waals surface area contributed by atoms with Crippen LogP contribution in [0, 0.1) is 5.41 Å². The Morgan fingerprint density at radius 2 is 1.88 bits per heavy atom. The zero-order valence-electron chi connectivity index (χ0n) is 13.8. The molecular weight excluding hydrogens is 332 g/mol. The van der Waals surface area contributed by atoms with E-state index in [1.165, 1.54) is 24.5 Å². The fourth-order valence-corrected chi connectivity index (χ4v) is 3.07. The zero-order chi connectivity index (χ0) is 18.1. The quantitative estimate of drug-likeness (QED) is 0.672. The van der Waals surface area contributed by atoms with Crippen molar-refractivity contribution < 1.29 is 29.0 Å². The summed E-state index contributed by atoms with van der Waals surface area (Å²) >= 11 is 1.28. The number of methoxy groups -OCH3 is 1. The highest BCUT2D eigenvalue weighted by Gasteiger charge is 2.25. The fraction of sp³-hybridized carbons (Fsp3) is 0.353. The van der Waals surface area contributed by atoms with Gasteiger partial charge in [0.2, 0.25) is 0 Å². The maximum atomic E-state index is 12.0. The Hall–Kier alpha value is -2.41. The molecule has 1 heterocycles. The lowest BCUT2D eigenvalue weighted by Crippen LogP contribution is -2.25. The van der Waals surface area contributed by atoms with Crippen molar-refractivity contribution in [2.75, 3.05) is 7.11 Å². The first kappa shape index (κ1) is 17.9. The van der Waals surface area contributed by atoms with Crippen molar-refractivity contribution in [1.82, 2.24) is 0 Å². The molecule has 0 fully saturated rings. The summed E-state index contributed by atoms with van der Waals surface area (Å²) in [5.74, 6) is -1.89. The Morgan fingerprint density at radius 3 is 2.42 bits per heavy atom. The minimum atomic E-state index is -1.15. The van der Waals surface area contributed by atoms with E-state index < -0.39 is 23.3 Å². The summed E-state index contributed by atoms with van der Waals surface area (Å²) in [6, 6.07) is 2.92. The summed E-state index contributed by atoms with van der Waals surface area (Å²) in [6.07, 6.45) is -0.0160. The van der Waals surface area contributed by atoms with E-state index in [1.54, 1.807) is 32.2 Å². The minimum absolute atomic E-state index is 0.00985. The summed E-state index contributed by atoms with van der Waals surface area (Å²) in [6.45, 7) is 5.14. The highest BCUT2D eigenvalue weighted by atomic mass is 32.1. The Morgan fingerprint density at radius 1 is 1.21 bits per heavy atom. The van der Waals surface area contributed by atoms with Gasteiger partial charge in [0, 0.05) is 10.1 Å². The molecule has 0 spiro atoms. The zero-order valence-corrected chi connectivity index (χ0v) is 14.7. The topological polar surface area (TPSA) is 89.9 Å². The number of benzene rings is 1. The van der Waals surface area contributed by atoms with Crippen LogP contribution in [0.5, 0.6) is 5.75 Å². The van der Waals surface area contributed by atoms with Crippen LogP contribution in [0.1, 0.15) is 36.7 Å². The number of carboxylic acid groups (broad SMARTS) is 1. The number of hydrogen-bond acceptors (Lipinski definition) is 6. The lowest BCUT2D eigenvalue weighted by atomic mass is 9.97. The first-order chi connectivity index (χ1) is 11.1. The lowest BCUT2D eigenvalue weighted by Gasteiger charge is -2.16. The summed E-state index contributed by atoms with van der Waals surface area (Å²) in [5.41, 5.74) is -0.138. The van der Waals surface area contributed by atoms with Gasteiger partial charge in [-0.2, -0.15) is 0 Å². The maximum Gasteiger partial charge on any atom is 0.336 e. The summed E-state index contributed by atoms with van der Waals surface area (Å²) in [5, 5.41) is 11.7. The van der Waals surface area contributed by atoms with E-state index in [9.17, 15) is 19.5 Å². The van der Waals surface area contributed by atoms with Gasteiger partial charge in [-0.3, -0.25) is 9.59 Å². The van der Waals surface area contributed by atoms with Crippen LogP contribution in [-0.4, -0.2) is 30.1 Å². The molecule has 0 amide bonds. The molecule has 0 radical (unpaired) electrons. The molecule has 7 heteroatoms. The van der Waals surface area contributed by atoms with Crippen molar-refractivity contribution in [2.45, 2.75) is 27.2 Å². The van der Waals surface area contributed by atoms with Gasteiger partial charge in [-0.15, -0.1) is 11.3 Å². The highest BCUT2D eigenvalue weighted by Crippen LogP contribution is 2.34. The minimum Gasteiger partial charge on any atom is -0.478 e. The third kappa shape index (κ3) is 3.73. The average molecular weight is 350 g/mol. The number of ether oxygens (including phenoxy) is 2. The molecule has 0 saturated heterocycles. The monoisotopic (exact) mass is 350 g/mol. The number of thiophene rings is 1. The fourth-order valence-electron chi connectivity index (χ4n) is 2.05. The van der Waals surface area contributed by atoms with Gasteiger partial charge in [-0.25, -0.2) is 4.79 Å². The molecule has 0 bridgehead atoms. The second-order valence-electron chi connectivity index (χ2n) is 6.30. The van der Waals surface area contributed by atoms with Crippen LogP contribution in [-0.2, 0) is 20.7 Å². The van der Waals surface area contributed by atoms with Crippen LogP contribution in [0.4, 0.5) is 0 Å². The van der Waals surface area contributed by atoms with E-state index in [-0.39, 0.29) is 17.7 Å². The van der Waals surface area contributed by atoms with Crippen molar-refractivity contribution >= 4 is 39.3 Å². The van der Waals surface area contributed by atoms with Crippen molar-refractivity contribution in [3.8, 4) is 5.75 Å². The third-order valence-corrected chi connectivity index (χ3v) is 4.32. The number of carbonyl (C=O) groups excluding carboxylic acids is 2. The second-order valence-corrected chi connectivity index (χ2v) is 7.21. The van der Waals surface area contributed by atoms with Crippen molar-refractivity contribution in [3.05, 3.63) is 28.6 Å². The van der Waals surface area contributed by atoms with Gasteiger partial charge < -0.3 is 14.6 Å². The smallest absolute Gasteiger partial charge is 0.336 e. The van der Waals surface area contributed by atoms with Crippen molar-refractivity contribution in [1.29, 1.82) is 0 Å². The van der Waals surface area contributed by atoms with E-state index in [0.29, 0.717) is 15.6 Å². The van der Waals surface area contributed by atoms with E-state index in [4.69, 9.17) is 4.74 Å². The Labute approximate surface area is 143 Å². The molecule has 0 aliphatic rings. The number of carbonyl (C=O) groups is 3. The molecule has 0 atom stereocenters. The third-order valence-electron chi connectivity index (χ3n) is 3.34. The summed E-state index contributed by atoms with van der Waals surface area (Å²) in [7, 11) is 1.28. The van der Waals surface area contributed by atoms with Crippen LogP contribution in [0.15, 0.2) is 17.5 Å². The van der Waals surface area contributed by atoms with Gasteiger partial charge in [-0.05, 0) is 43.8 Å². The molecule has 0 saturated carbocycles. The molecule has 2 rings (SSSR count). The van der Waals surface area contributed by atoms with E-state index >= 15 is 0 Å². The summed E-state index contributed by atoms with van der Waals surface area (Å²) < 4.78 is 10.6. The number of hydrogen-bond donors (Lipinski definition) is 1. The number of carboxylic acids is 1. The van der Waals surface area contributed by atoms with E-state index in [1.807, 2.05) is 0 Å². The first-order valence-corrected chi connectivity index (χ1v) is 8.08. The molecule has 2 aromatic rings. The van der Waals surface area contributed by atoms with E-state index in [2.05, 4.69) is 4.74 Å². The number of esters is 2. The largest absolute Gasteiger partial charge is 0.478 e. The molecular formula is C17H18O6S. The normalized spacial score (nSPS) is 11.3. The van der Waals surface area contributed by atoms with Crippen LogP contribution < -0.4 is 4.74 Å². The molecule has 24 heavy (non-hydrogen) atoms. The van der Waals surface area contributed by atoms with Gasteiger partial charge in [0.05, 0.1) is 24.5 Å². The summed E-state index contributed by atoms with van der Waals surface area (Å²) in [4.78, 5) is 35.1. The predicted molar refractivity (Wildman–Crippen MR) is 89.6 cm³/mol. The Balaban J connectivity index is 2.51. The van der Waals surface area contributed by atoms with Crippen LogP contribution in [0.3, 0.4) is 0 Å². The van der Waals surface area contributed by atoms with Gasteiger partial charge >= 0.3 is 17.9 Å². The molecule has 0 aliphatic carbocycles. The predicted octanol–water partition coefficient (Wildman–Crippen LogP) is 3.27. The molecule has 6 nitrogen and oxygen atoms in total. The molecule has 0 unspecified atom stereocenters. The van der Waals surface area contributed by atoms with Crippen LogP contribution in [0.2, 0.25) is 0 Å². The average Bonchev–Trinajstić information content (AvgIpc) is 2.88. The lowest BCUT2D eigenvalue weighted by molar-refractivity contribution is -0.143. The van der Waals surface area contributed by atoms with Crippen molar-refractivity contribution in [2.24, 2.45) is 5.41 Å². The number of aromatic carboxylic acids is 1. The van der Waals surface area contributed by atoms with Crippen LogP contribution >= 0.6 is 11.3 Å². The molecule has 0 aliphatic heterocycles. The second kappa shape index (κ2) is 6.60. The van der Waals surface area contributed by atoms with Gasteiger partial charge in [0.1, 0.15) is 5.75 Å². The van der Waals surface area contributed by atoms with Crippen molar-refractivity contribution in [3.63, 3.8) is 0 Å². The van der Waals surface area contributed by atoms with Gasteiger partial charge in [0.25, 0.3) is 0 Å². The molecule has 1 aromatic heterocycles. The standard InChI is InChI=1S/C17H18O6S/c1-17(2,3)16(21)23-10-6-11(15(19)20)14-9(5-13(18)22-4)8-24-12(14)7-10/h6-8H,5H2,1-4H3,(H,19,20). The number of fused-ring (bicyclic) bond motifs is 1. The van der Waals surface area contributed by atoms with Crippen LogP contribution in [0.25, 0.3) is 10.1 Å².